The largest absolute Gasteiger partial charge is 0.376 e. The predicted molar refractivity (Wildman–Crippen MR) is 102 cm³/mol. The van der Waals surface area contributed by atoms with Gasteiger partial charge >= 0.3 is 0 Å². The van der Waals surface area contributed by atoms with E-state index in [4.69, 9.17) is 9.47 Å². The zero-order valence-electron chi connectivity index (χ0n) is 15.7. The highest BCUT2D eigenvalue weighted by Crippen LogP contribution is 2.23. The van der Waals surface area contributed by atoms with Crippen LogP contribution in [0.15, 0.2) is 42.5 Å². The highest BCUT2D eigenvalue weighted by molar-refractivity contribution is 5.94. The molecule has 0 radical (unpaired) electrons. The second-order valence-electron chi connectivity index (χ2n) is 7.17. The van der Waals surface area contributed by atoms with Gasteiger partial charge in [0.25, 0.3) is 5.91 Å². The molecule has 2 aliphatic heterocycles. The van der Waals surface area contributed by atoms with Crippen molar-refractivity contribution in [1.82, 2.24) is 9.80 Å². The van der Waals surface area contributed by atoms with Crippen molar-refractivity contribution in [2.75, 3.05) is 52.5 Å². The number of morpholine rings is 1. The summed E-state index contributed by atoms with van der Waals surface area (Å²) in [6, 6.07) is 9.47. The van der Waals surface area contributed by atoms with Crippen LogP contribution in [0.1, 0.15) is 30.1 Å². The predicted octanol–water partition coefficient (Wildman–Crippen LogP) is 2.59. The molecule has 0 bridgehead atoms. The van der Waals surface area contributed by atoms with E-state index in [0.29, 0.717) is 32.9 Å². The zero-order chi connectivity index (χ0) is 18.2. The van der Waals surface area contributed by atoms with Crippen LogP contribution < -0.4 is 0 Å². The van der Waals surface area contributed by atoms with Crippen LogP contribution in [0.3, 0.4) is 0 Å². The van der Waals surface area contributed by atoms with Crippen molar-refractivity contribution in [3.05, 3.63) is 48.0 Å². The van der Waals surface area contributed by atoms with Gasteiger partial charge in [-0.2, -0.15) is 0 Å². The van der Waals surface area contributed by atoms with Crippen LogP contribution in [0.2, 0.25) is 0 Å². The van der Waals surface area contributed by atoms with Gasteiger partial charge in [0, 0.05) is 31.7 Å². The summed E-state index contributed by atoms with van der Waals surface area (Å²) in [5.74, 6) is 0.0547. The van der Waals surface area contributed by atoms with Crippen LogP contribution in [0.25, 0.3) is 0 Å². The standard InChI is InChI=1S/C21H30N2O3/c1-2-3-4-8-11-22-12-15-26-21(16-22)17-23(13-14-25-18-21)20(24)19-9-6-5-7-10-19/h4-10H,2-3,11-18H2,1H3/b8-4+/t21-/m1/s1. The lowest BCUT2D eigenvalue weighted by Gasteiger charge is -2.43. The molecule has 1 aromatic carbocycles. The molecule has 2 aliphatic rings. The first kappa shape index (κ1) is 19.1. The van der Waals surface area contributed by atoms with Crippen molar-refractivity contribution in [2.45, 2.75) is 25.4 Å². The fourth-order valence-corrected chi connectivity index (χ4v) is 3.61. The Morgan fingerprint density at radius 3 is 2.81 bits per heavy atom. The van der Waals surface area contributed by atoms with Gasteiger partial charge in [-0.1, -0.05) is 43.7 Å². The third kappa shape index (κ3) is 4.93. The van der Waals surface area contributed by atoms with Crippen LogP contribution in [0, 0.1) is 0 Å². The maximum atomic E-state index is 12.9. The Morgan fingerprint density at radius 1 is 1.15 bits per heavy atom. The summed E-state index contributed by atoms with van der Waals surface area (Å²) >= 11 is 0. The lowest BCUT2D eigenvalue weighted by molar-refractivity contribution is -0.137. The van der Waals surface area contributed by atoms with E-state index >= 15 is 0 Å². The van der Waals surface area contributed by atoms with Crippen molar-refractivity contribution < 1.29 is 14.3 Å². The summed E-state index contributed by atoms with van der Waals surface area (Å²) < 4.78 is 12.0. The number of carbonyl (C=O) groups excluding carboxylic acids is 1. The zero-order valence-corrected chi connectivity index (χ0v) is 15.7. The van der Waals surface area contributed by atoms with Gasteiger partial charge in [-0.25, -0.2) is 0 Å². The molecule has 26 heavy (non-hydrogen) atoms. The summed E-state index contributed by atoms with van der Waals surface area (Å²) in [5.41, 5.74) is 0.289. The molecule has 0 unspecified atom stereocenters. The quantitative estimate of drug-likeness (QED) is 0.759. The molecule has 0 N–H and O–H groups in total. The first-order valence-electron chi connectivity index (χ1n) is 9.66. The van der Waals surface area contributed by atoms with Crippen molar-refractivity contribution in [3.63, 3.8) is 0 Å². The second-order valence-corrected chi connectivity index (χ2v) is 7.17. The molecule has 5 heteroatoms. The molecular weight excluding hydrogens is 328 g/mol. The number of benzene rings is 1. The number of ether oxygens (including phenoxy) is 2. The van der Waals surface area contributed by atoms with Crippen LogP contribution in [-0.4, -0.2) is 73.9 Å². The van der Waals surface area contributed by atoms with E-state index in [9.17, 15) is 4.79 Å². The minimum Gasteiger partial charge on any atom is -0.376 e. The Balaban J connectivity index is 1.66. The van der Waals surface area contributed by atoms with Crippen molar-refractivity contribution >= 4 is 5.91 Å². The fraction of sp³-hybridized carbons (Fsp3) is 0.571. The van der Waals surface area contributed by atoms with E-state index < -0.39 is 5.60 Å². The number of hydrogen-bond donors (Lipinski definition) is 0. The molecule has 1 atom stereocenters. The number of allylic oxidation sites excluding steroid dienone is 1. The van der Waals surface area contributed by atoms with Crippen LogP contribution in [0.4, 0.5) is 0 Å². The number of amides is 1. The van der Waals surface area contributed by atoms with Gasteiger partial charge in [0.05, 0.1) is 26.4 Å². The third-order valence-corrected chi connectivity index (χ3v) is 4.97. The molecular formula is C21H30N2O3. The Bertz CT molecular complexity index is 605. The summed E-state index contributed by atoms with van der Waals surface area (Å²) in [5, 5.41) is 0. The van der Waals surface area contributed by atoms with Gasteiger partial charge in [0.15, 0.2) is 0 Å². The van der Waals surface area contributed by atoms with E-state index in [1.165, 1.54) is 6.42 Å². The Labute approximate surface area is 156 Å². The Kier molecular flexibility index (Phi) is 6.83. The lowest BCUT2D eigenvalue weighted by atomic mass is 10.0. The van der Waals surface area contributed by atoms with Crippen molar-refractivity contribution in [1.29, 1.82) is 0 Å². The summed E-state index contributed by atoms with van der Waals surface area (Å²) in [7, 11) is 0. The highest BCUT2D eigenvalue weighted by Gasteiger charge is 2.41. The van der Waals surface area contributed by atoms with Crippen LogP contribution in [-0.2, 0) is 9.47 Å². The lowest BCUT2D eigenvalue weighted by Crippen LogP contribution is -2.59. The van der Waals surface area contributed by atoms with Gasteiger partial charge in [-0.3, -0.25) is 9.69 Å². The van der Waals surface area contributed by atoms with Gasteiger partial charge in [0.1, 0.15) is 5.60 Å². The molecule has 0 aromatic heterocycles. The first-order chi connectivity index (χ1) is 12.7. The molecule has 1 amide bonds. The van der Waals surface area contributed by atoms with Gasteiger partial charge in [0.2, 0.25) is 0 Å². The Hall–Kier alpha value is -1.69. The van der Waals surface area contributed by atoms with E-state index in [-0.39, 0.29) is 5.91 Å². The molecule has 3 rings (SSSR count). The maximum Gasteiger partial charge on any atom is 0.254 e. The van der Waals surface area contributed by atoms with E-state index in [2.05, 4.69) is 24.0 Å². The van der Waals surface area contributed by atoms with E-state index in [1.807, 2.05) is 35.2 Å². The van der Waals surface area contributed by atoms with Crippen LogP contribution in [0.5, 0.6) is 0 Å². The van der Waals surface area contributed by atoms with Crippen molar-refractivity contribution in [2.24, 2.45) is 0 Å². The SMILES string of the molecule is CCC/C=C/CN1CCO[C@]2(COCCN(C(=O)c3ccccc3)C2)C1. The maximum absolute atomic E-state index is 12.9. The topological polar surface area (TPSA) is 42.0 Å². The minimum atomic E-state index is -0.433. The average molecular weight is 358 g/mol. The highest BCUT2D eigenvalue weighted by atomic mass is 16.5. The number of unbranched alkanes of at least 4 members (excludes halogenated alkanes) is 1. The van der Waals surface area contributed by atoms with Crippen molar-refractivity contribution in [3.8, 4) is 0 Å². The fourth-order valence-electron chi connectivity index (χ4n) is 3.61. The summed E-state index contributed by atoms with van der Waals surface area (Å²) in [6.45, 7) is 7.80. The average Bonchev–Trinajstić information content (AvgIpc) is 2.88. The summed E-state index contributed by atoms with van der Waals surface area (Å²) in [4.78, 5) is 17.2. The normalized spacial score (nSPS) is 24.9. The first-order valence-corrected chi connectivity index (χ1v) is 9.66. The molecule has 142 valence electrons. The van der Waals surface area contributed by atoms with E-state index in [1.54, 1.807) is 0 Å². The van der Waals surface area contributed by atoms with Crippen LogP contribution >= 0.6 is 0 Å². The summed E-state index contributed by atoms with van der Waals surface area (Å²) in [6.07, 6.45) is 6.79. The number of hydrogen-bond acceptors (Lipinski definition) is 4. The molecule has 1 spiro atoms. The molecule has 0 aliphatic carbocycles. The second kappa shape index (κ2) is 9.31. The molecule has 0 saturated carbocycles. The molecule has 5 nitrogen and oxygen atoms in total. The smallest absolute Gasteiger partial charge is 0.254 e. The monoisotopic (exact) mass is 358 g/mol. The Morgan fingerprint density at radius 2 is 2.00 bits per heavy atom. The molecule has 1 aromatic rings. The molecule has 2 heterocycles. The third-order valence-electron chi connectivity index (χ3n) is 4.97. The minimum absolute atomic E-state index is 0.0547. The van der Waals surface area contributed by atoms with Gasteiger partial charge in [-0.15, -0.1) is 0 Å². The number of nitrogens with zero attached hydrogens (tertiary/aromatic N) is 2. The number of carbonyl (C=O) groups is 1. The van der Waals surface area contributed by atoms with Gasteiger partial charge < -0.3 is 14.4 Å². The van der Waals surface area contributed by atoms with E-state index in [0.717, 1.165) is 31.6 Å². The molecule has 2 fully saturated rings. The number of rotatable bonds is 5. The molecule has 2 saturated heterocycles. The van der Waals surface area contributed by atoms with Gasteiger partial charge in [-0.05, 0) is 18.6 Å².